The molecular formula is C15H22BrN. The first-order chi connectivity index (χ1) is 8.09. The minimum atomic E-state index is 0.700. The quantitative estimate of drug-likeness (QED) is 0.866. The molecule has 17 heavy (non-hydrogen) atoms. The lowest BCUT2D eigenvalue weighted by atomic mass is 9.75. The molecule has 1 fully saturated rings. The number of benzene rings is 1. The maximum atomic E-state index is 3.74. The zero-order valence-electron chi connectivity index (χ0n) is 11.0. The van der Waals surface area contributed by atoms with E-state index >= 15 is 0 Å². The van der Waals surface area contributed by atoms with Gasteiger partial charge in [0.15, 0.2) is 0 Å². The minimum Gasteiger partial charge on any atom is -0.316 e. The topological polar surface area (TPSA) is 12.0 Å². The molecule has 0 bridgehead atoms. The highest BCUT2D eigenvalue weighted by atomic mass is 79.9. The van der Waals surface area contributed by atoms with Crippen molar-refractivity contribution in [1.82, 2.24) is 5.32 Å². The van der Waals surface area contributed by atoms with Crippen LogP contribution in [-0.4, -0.2) is 13.1 Å². The van der Waals surface area contributed by atoms with E-state index in [2.05, 4.69) is 60.2 Å². The summed E-state index contributed by atoms with van der Waals surface area (Å²) in [5.41, 5.74) is 2.83. The van der Waals surface area contributed by atoms with Crippen LogP contribution in [-0.2, 0) is 0 Å². The van der Waals surface area contributed by atoms with Crippen LogP contribution in [0.15, 0.2) is 22.7 Å². The van der Waals surface area contributed by atoms with Crippen LogP contribution >= 0.6 is 15.9 Å². The SMILES string of the molecule is Cc1ccc(C2CCNCC2C(C)C)c(Br)c1. The monoisotopic (exact) mass is 295 g/mol. The highest BCUT2D eigenvalue weighted by Crippen LogP contribution is 2.38. The Balaban J connectivity index is 2.29. The molecule has 1 aromatic rings. The van der Waals surface area contributed by atoms with E-state index in [9.17, 15) is 0 Å². The van der Waals surface area contributed by atoms with E-state index in [4.69, 9.17) is 0 Å². The predicted molar refractivity (Wildman–Crippen MR) is 77.4 cm³/mol. The Morgan fingerprint density at radius 1 is 1.35 bits per heavy atom. The van der Waals surface area contributed by atoms with E-state index in [1.54, 1.807) is 0 Å². The second-order valence-electron chi connectivity index (χ2n) is 5.53. The summed E-state index contributed by atoms with van der Waals surface area (Å²) in [6.45, 7) is 9.13. The minimum absolute atomic E-state index is 0.700. The summed E-state index contributed by atoms with van der Waals surface area (Å²) in [4.78, 5) is 0. The maximum absolute atomic E-state index is 3.74. The van der Waals surface area contributed by atoms with E-state index in [0.717, 1.165) is 24.9 Å². The third-order valence-corrected chi connectivity index (χ3v) is 4.63. The van der Waals surface area contributed by atoms with Gasteiger partial charge < -0.3 is 5.32 Å². The van der Waals surface area contributed by atoms with Gasteiger partial charge in [0.05, 0.1) is 0 Å². The van der Waals surface area contributed by atoms with Crippen molar-refractivity contribution in [3.63, 3.8) is 0 Å². The lowest BCUT2D eigenvalue weighted by Gasteiger charge is -2.35. The lowest BCUT2D eigenvalue weighted by Crippen LogP contribution is -2.38. The molecule has 1 N–H and O–H groups in total. The normalized spacial score (nSPS) is 25.2. The van der Waals surface area contributed by atoms with Crippen molar-refractivity contribution < 1.29 is 0 Å². The summed E-state index contributed by atoms with van der Waals surface area (Å²) in [7, 11) is 0. The van der Waals surface area contributed by atoms with Crippen molar-refractivity contribution in [2.75, 3.05) is 13.1 Å². The van der Waals surface area contributed by atoms with Gasteiger partial charge in [0.1, 0.15) is 0 Å². The molecule has 1 aliphatic heterocycles. The average molecular weight is 296 g/mol. The van der Waals surface area contributed by atoms with Crippen molar-refractivity contribution >= 4 is 15.9 Å². The van der Waals surface area contributed by atoms with E-state index in [0.29, 0.717) is 5.92 Å². The number of nitrogens with one attached hydrogen (secondary N) is 1. The van der Waals surface area contributed by atoms with Crippen LogP contribution in [0.4, 0.5) is 0 Å². The number of piperidine rings is 1. The van der Waals surface area contributed by atoms with Crippen LogP contribution in [0.1, 0.15) is 37.3 Å². The molecule has 0 saturated carbocycles. The van der Waals surface area contributed by atoms with E-state index in [1.807, 2.05) is 0 Å². The molecule has 1 aliphatic rings. The fraction of sp³-hybridized carbons (Fsp3) is 0.600. The Kier molecular flexibility index (Phi) is 4.26. The van der Waals surface area contributed by atoms with Gasteiger partial charge in [-0.3, -0.25) is 0 Å². The third-order valence-electron chi connectivity index (χ3n) is 3.94. The van der Waals surface area contributed by atoms with Gasteiger partial charge in [0, 0.05) is 4.47 Å². The maximum Gasteiger partial charge on any atom is 0.0212 e. The van der Waals surface area contributed by atoms with Crippen molar-refractivity contribution in [1.29, 1.82) is 0 Å². The van der Waals surface area contributed by atoms with Gasteiger partial charge in [-0.1, -0.05) is 41.9 Å². The number of aryl methyl sites for hydroxylation is 1. The van der Waals surface area contributed by atoms with Crippen molar-refractivity contribution in [2.24, 2.45) is 11.8 Å². The fourth-order valence-electron chi connectivity index (χ4n) is 2.90. The first kappa shape index (κ1) is 13.1. The van der Waals surface area contributed by atoms with E-state index < -0.39 is 0 Å². The second kappa shape index (κ2) is 5.53. The van der Waals surface area contributed by atoms with Gasteiger partial charge in [-0.2, -0.15) is 0 Å². The molecular weight excluding hydrogens is 274 g/mol. The summed E-state index contributed by atoms with van der Waals surface area (Å²) in [5.74, 6) is 2.19. The number of rotatable bonds is 2. The Labute approximate surface area is 113 Å². The molecule has 2 unspecified atom stereocenters. The van der Waals surface area contributed by atoms with Crippen LogP contribution < -0.4 is 5.32 Å². The Bertz CT molecular complexity index is 387. The molecule has 0 aliphatic carbocycles. The Hall–Kier alpha value is -0.340. The zero-order chi connectivity index (χ0) is 12.4. The summed E-state index contributed by atoms with van der Waals surface area (Å²) >= 11 is 3.74. The molecule has 1 saturated heterocycles. The van der Waals surface area contributed by atoms with Crippen molar-refractivity contribution in [3.05, 3.63) is 33.8 Å². The molecule has 0 spiro atoms. The van der Waals surface area contributed by atoms with Crippen LogP contribution in [0.5, 0.6) is 0 Å². The second-order valence-corrected chi connectivity index (χ2v) is 6.39. The number of halogens is 1. The summed E-state index contributed by atoms with van der Waals surface area (Å²) in [6.07, 6.45) is 1.25. The van der Waals surface area contributed by atoms with Crippen LogP contribution in [0, 0.1) is 18.8 Å². The van der Waals surface area contributed by atoms with Gasteiger partial charge in [-0.05, 0) is 61.4 Å². The van der Waals surface area contributed by atoms with E-state index in [-0.39, 0.29) is 0 Å². The summed E-state index contributed by atoms with van der Waals surface area (Å²) in [5, 5.41) is 3.53. The molecule has 2 atom stereocenters. The standard InChI is InChI=1S/C15H22BrN/c1-10(2)14-9-17-7-6-12(14)13-5-4-11(3)8-15(13)16/h4-5,8,10,12,14,17H,6-7,9H2,1-3H3. The predicted octanol–water partition coefficient (Wildman–Crippen LogP) is 4.11. The summed E-state index contributed by atoms with van der Waals surface area (Å²) < 4.78 is 1.29. The van der Waals surface area contributed by atoms with Gasteiger partial charge >= 0.3 is 0 Å². The van der Waals surface area contributed by atoms with Gasteiger partial charge in [-0.15, -0.1) is 0 Å². The first-order valence-electron chi connectivity index (χ1n) is 6.56. The Morgan fingerprint density at radius 3 is 2.76 bits per heavy atom. The third kappa shape index (κ3) is 2.92. The van der Waals surface area contributed by atoms with Crippen LogP contribution in [0.2, 0.25) is 0 Å². The zero-order valence-corrected chi connectivity index (χ0v) is 12.5. The van der Waals surface area contributed by atoms with Crippen LogP contribution in [0.3, 0.4) is 0 Å². The molecule has 2 rings (SSSR count). The Morgan fingerprint density at radius 2 is 2.12 bits per heavy atom. The molecule has 94 valence electrons. The number of hydrogen-bond acceptors (Lipinski definition) is 1. The average Bonchev–Trinajstić information content (AvgIpc) is 2.29. The largest absolute Gasteiger partial charge is 0.316 e. The number of hydrogen-bond donors (Lipinski definition) is 1. The first-order valence-corrected chi connectivity index (χ1v) is 7.35. The summed E-state index contributed by atoms with van der Waals surface area (Å²) in [6, 6.07) is 6.79. The van der Waals surface area contributed by atoms with Gasteiger partial charge in [-0.25, -0.2) is 0 Å². The molecule has 0 aromatic heterocycles. The molecule has 1 heterocycles. The van der Waals surface area contributed by atoms with E-state index in [1.165, 1.54) is 22.0 Å². The molecule has 1 aromatic carbocycles. The molecule has 2 heteroatoms. The molecule has 0 radical (unpaired) electrons. The molecule has 0 amide bonds. The van der Waals surface area contributed by atoms with Gasteiger partial charge in [0.25, 0.3) is 0 Å². The highest BCUT2D eigenvalue weighted by Gasteiger charge is 2.29. The van der Waals surface area contributed by atoms with Gasteiger partial charge in [0.2, 0.25) is 0 Å². The smallest absolute Gasteiger partial charge is 0.0212 e. The van der Waals surface area contributed by atoms with Crippen molar-refractivity contribution in [2.45, 2.75) is 33.1 Å². The molecule has 1 nitrogen and oxygen atoms in total. The van der Waals surface area contributed by atoms with Crippen LogP contribution in [0.25, 0.3) is 0 Å². The lowest BCUT2D eigenvalue weighted by molar-refractivity contribution is 0.254. The fourth-order valence-corrected chi connectivity index (χ4v) is 3.69. The van der Waals surface area contributed by atoms with Crippen molar-refractivity contribution in [3.8, 4) is 0 Å². The highest BCUT2D eigenvalue weighted by molar-refractivity contribution is 9.10.